The lowest BCUT2D eigenvalue weighted by Gasteiger charge is -2.34. The second-order valence-electron chi connectivity index (χ2n) is 7.90. The molecule has 4 fully saturated rings. The summed E-state index contributed by atoms with van der Waals surface area (Å²) in [7, 11) is 2.23. The number of hydrogen-bond donors (Lipinski definition) is 1. The number of hydrogen-bond acceptors (Lipinski definition) is 1. The standard InChI is InChI=1S/C17H29N/c1-18-17(16-9-12-3-5-14(16)7-12)10-15-8-11-2-4-13(15)6-11/h11-18H,2-10H2,1H3. The first-order chi connectivity index (χ1) is 8.83. The van der Waals surface area contributed by atoms with Crippen LogP contribution in [0.5, 0.6) is 0 Å². The number of rotatable bonds is 4. The second-order valence-corrected chi connectivity index (χ2v) is 7.90. The summed E-state index contributed by atoms with van der Waals surface area (Å²) in [5.41, 5.74) is 0. The Morgan fingerprint density at radius 2 is 1.61 bits per heavy atom. The van der Waals surface area contributed by atoms with Crippen LogP contribution in [0.15, 0.2) is 0 Å². The Labute approximate surface area is 112 Å². The van der Waals surface area contributed by atoms with Crippen molar-refractivity contribution in [2.45, 2.75) is 63.8 Å². The van der Waals surface area contributed by atoms with Gasteiger partial charge in [-0.2, -0.15) is 0 Å². The normalized spacial score (nSPS) is 51.2. The summed E-state index contributed by atoms with van der Waals surface area (Å²) in [6, 6.07) is 0.852. The zero-order chi connectivity index (χ0) is 12.1. The highest BCUT2D eigenvalue weighted by Crippen LogP contribution is 2.53. The molecule has 0 heterocycles. The van der Waals surface area contributed by atoms with E-state index in [1.54, 1.807) is 51.4 Å². The highest BCUT2D eigenvalue weighted by molar-refractivity contribution is 4.98. The molecule has 7 unspecified atom stereocenters. The summed E-state index contributed by atoms with van der Waals surface area (Å²) in [6.45, 7) is 0. The van der Waals surface area contributed by atoms with Gasteiger partial charge in [0.2, 0.25) is 0 Å². The van der Waals surface area contributed by atoms with Gasteiger partial charge in [-0.15, -0.1) is 0 Å². The van der Waals surface area contributed by atoms with Gasteiger partial charge in [0, 0.05) is 6.04 Å². The molecule has 18 heavy (non-hydrogen) atoms. The summed E-state index contributed by atoms with van der Waals surface area (Å²) in [6.07, 6.45) is 14.0. The Morgan fingerprint density at radius 3 is 2.11 bits per heavy atom. The van der Waals surface area contributed by atoms with Crippen LogP contribution in [0.25, 0.3) is 0 Å². The Kier molecular flexibility index (Phi) is 2.94. The van der Waals surface area contributed by atoms with Gasteiger partial charge in [0.25, 0.3) is 0 Å². The molecule has 4 saturated carbocycles. The number of fused-ring (bicyclic) bond motifs is 4. The van der Waals surface area contributed by atoms with E-state index in [0.29, 0.717) is 0 Å². The van der Waals surface area contributed by atoms with Gasteiger partial charge in [0.05, 0.1) is 0 Å². The molecule has 0 saturated heterocycles. The molecule has 102 valence electrons. The largest absolute Gasteiger partial charge is 0.317 e. The molecule has 4 bridgehead atoms. The van der Waals surface area contributed by atoms with E-state index in [1.165, 1.54) is 6.42 Å². The molecule has 4 aliphatic rings. The van der Waals surface area contributed by atoms with Gasteiger partial charge in [-0.1, -0.05) is 12.8 Å². The van der Waals surface area contributed by atoms with Crippen molar-refractivity contribution >= 4 is 0 Å². The van der Waals surface area contributed by atoms with Crippen LogP contribution in [0.3, 0.4) is 0 Å². The Balaban J connectivity index is 1.40. The first-order valence-electron chi connectivity index (χ1n) is 8.50. The predicted molar refractivity (Wildman–Crippen MR) is 75.3 cm³/mol. The van der Waals surface area contributed by atoms with Gasteiger partial charge in [-0.3, -0.25) is 0 Å². The van der Waals surface area contributed by atoms with Crippen LogP contribution in [-0.2, 0) is 0 Å². The van der Waals surface area contributed by atoms with Crippen molar-refractivity contribution in [3.63, 3.8) is 0 Å². The van der Waals surface area contributed by atoms with Crippen LogP contribution >= 0.6 is 0 Å². The fraction of sp³-hybridized carbons (Fsp3) is 1.00. The molecule has 4 aliphatic carbocycles. The van der Waals surface area contributed by atoms with Crippen LogP contribution in [-0.4, -0.2) is 13.1 Å². The Hall–Kier alpha value is -0.0400. The maximum Gasteiger partial charge on any atom is 0.00978 e. The smallest absolute Gasteiger partial charge is 0.00978 e. The third kappa shape index (κ3) is 1.85. The highest BCUT2D eigenvalue weighted by Gasteiger charge is 2.45. The average Bonchev–Trinajstić information content (AvgIpc) is 3.14. The van der Waals surface area contributed by atoms with Crippen molar-refractivity contribution in [3.05, 3.63) is 0 Å². The predicted octanol–water partition coefficient (Wildman–Crippen LogP) is 3.84. The molecular formula is C17H29N. The summed E-state index contributed by atoms with van der Waals surface area (Å²) in [5, 5.41) is 3.72. The van der Waals surface area contributed by atoms with E-state index < -0.39 is 0 Å². The van der Waals surface area contributed by atoms with Gasteiger partial charge in [0.1, 0.15) is 0 Å². The maximum absolute atomic E-state index is 3.72. The Morgan fingerprint density at radius 1 is 0.889 bits per heavy atom. The van der Waals surface area contributed by atoms with Crippen molar-refractivity contribution < 1.29 is 0 Å². The van der Waals surface area contributed by atoms with Gasteiger partial charge in [-0.05, 0) is 87.5 Å². The quantitative estimate of drug-likeness (QED) is 0.796. The molecule has 0 aromatic heterocycles. The van der Waals surface area contributed by atoms with Crippen LogP contribution < -0.4 is 5.32 Å². The van der Waals surface area contributed by atoms with Crippen LogP contribution in [0, 0.1) is 35.5 Å². The lowest BCUT2D eigenvalue weighted by molar-refractivity contribution is 0.198. The van der Waals surface area contributed by atoms with Crippen molar-refractivity contribution in [2.24, 2.45) is 35.5 Å². The van der Waals surface area contributed by atoms with Gasteiger partial charge < -0.3 is 5.32 Å². The zero-order valence-corrected chi connectivity index (χ0v) is 11.9. The summed E-state index contributed by atoms with van der Waals surface area (Å²) < 4.78 is 0. The lowest BCUT2D eigenvalue weighted by Crippen LogP contribution is -2.38. The molecule has 1 N–H and O–H groups in total. The summed E-state index contributed by atoms with van der Waals surface area (Å²) in [4.78, 5) is 0. The fourth-order valence-corrected chi connectivity index (χ4v) is 6.28. The van der Waals surface area contributed by atoms with Gasteiger partial charge in [-0.25, -0.2) is 0 Å². The van der Waals surface area contributed by atoms with E-state index in [2.05, 4.69) is 12.4 Å². The molecule has 1 nitrogen and oxygen atoms in total. The van der Waals surface area contributed by atoms with Crippen LogP contribution in [0.2, 0.25) is 0 Å². The van der Waals surface area contributed by atoms with E-state index in [-0.39, 0.29) is 0 Å². The van der Waals surface area contributed by atoms with E-state index in [4.69, 9.17) is 0 Å². The minimum absolute atomic E-state index is 0.852. The third-order valence-corrected chi connectivity index (χ3v) is 7.12. The second kappa shape index (κ2) is 4.51. The zero-order valence-electron chi connectivity index (χ0n) is 11.9. The van der Waals surface area contributed by atoms with Crippen molar-refractivity contribution in [3.8, 4) is 0 Å². The maximum atomic E-state index is 3.72. The average molecular weight is 247 g/mol. The molecule has 1 heteroatoms. The molecule has 0 radical (unpaired) electrons. The first-order valence-corrected chi connectivity index (χ1v) is 8.50. The summed E-state index contributed by atoms with van der Waals surface area (Å²) in [5.74, 6) is 6.55. The van der Waals surface area contributed by atoms with E-state index in [1.807, 2.05) is 0 Å². The fourth-order valence-electron chi connectivity index (χ4n) is 6.28. The molecule has 0 aliphatic heterocycles. The topological polar surface area (TPSA) is 12.0 Å². The minimum atomic E-state index is 0.852. The van der Waals surface area contributed by atoms with Crippen molar-refractivity contribution in [1.82, 2.24) is 5.32 Å². The molecule has 0 aromatic carbocycles. The van der Waals surface area contributed by atoms with Crippen molar-refractivity contribution in [2.75, 3.05) is 7.05 Å². The van der Waals surface area contributed by atoms with E-state index in [0.717, 1.165) is 41.5 Å². The summed E-state index contributed by atoms with van der Waals surface area (Å²) >= 11 is 0. The van der Waals surface area contributed by atoms with Gasteiger partial charge in [0.15, 0.2) is 0 Å². The van der Waals surface area contributed by atoms with E-state index >= 15 is 0 Å². The SMILES string of the molecule is CNC(CC1CC2CCC1C2)C1CC2CCC1C2. The molecule has 0 spiro atoms. The molecule has 0 amide bonds. The Bertz CT molecular complexity index is 313. The van der Waals surface area contributed by atoms with Crippen molar-refractivity contribution in [1.29, 1.82) is 0 Å². The first kappa shape index (κ1) is 11.8. The molecule has 0 aromatic rings. The van der Waals surface area contributed by atoms with Gasteiger partial charge >= 0.3 is 0 Å². The molecule has 4 rings (SSSR count). The molecular weight excluding hydrogens is 218 g/mol. The molecule has 7 atom stereocenters. The van der Waals surface area contributed by atoms with Crippen LogP contribution in [0.4, 0.5) is 0 Å². The van der Waals surface area contributed by atoms with Crippen LogP contribution in [0.1, 0.15) is 57.8 Å². The monoisotopic (exact) mass is 247 g/mol. The lowest BCUT2D eigenvalue weighted by atomic mass is 9.76. The highest BCUT2D eigenvalue weighted by atomic mass is 14.9. The third-order valence-electron chi connectivity index (χ3n) is 7.12. The number of nitrogens with one attached hydrogen (secondary N) is 1. The minimum Gasteiger partial charge on any atom is -0.317 e. The van der Waals surface area contributed by atoms with E-state index in [9.17, 15) is 0 Å².